The van der Waals surface area contributed by atoms with E-state index in [9.17, 15) is 9.59 Å². The second-order valence-corrected chi connectivity index (χ2v) is 6.44. The quantitative estimate of drug-likeness (QED) is 0.710. The number of rotatable bonds is 8. The highest BCUT2D eigenvalue weighted by Gasteiger charge is 2.38. The normalized spacial score (nSPS) is 19.0. The molecule has 2 N–H and O–H groups in total. The van der Waals surface area contributed by atoms with Gasteiger partial charge in [0.15, 0.2) is 0 Å². The Hall–Kier alpha value is -2.94. The maximum Gasteiger partial charge on any atom is 0.305 e. The van der Waals surface area contributed by atoms with Gasteiger partial charge in [0.2, 0.25) is 17.6 Å². The molecule has 1 aliphatic rings. The monoisotopic (exact) mass is 375 g/mol. The smallest absolute Gasteiger partial charge is 0.305 e. The van der Waals surface area contributed by atoms with Crippen LogP contribution in [0.25, 0.3) is 11.4 Å². The van der Waals surface area contributed by atoms with Crippen LogP contribution in [0, 0.1) is 0 Å². The molecule has 0 saturated carbocycles. The number of aliphatic carboxylic acids is 1. The van der Waals surface area contributed by atoms with Gasteiger partial charge in [0, 0.05) is 25.0 Å². The molecule has 1 fully saturated rings. The van der Waals surface area contributed by atoms with Gasteiger partial charge >= 0.3 is 5.97 Å². The fourth-order valence-electron chi connectivity index (χ4n) is 2.97. The summed E-state index contributed by atoms with van der Waals surface area (Å²) in [6.07, 6.45) is 0.693. The van der Waals surface area contributed by atoms with Crippen LogP contribution in [0.1, 0.15) is 25.2 Å². The van der Waals surface area contributed by atoms with Gasteiger partial charge < -0.3 is 24.4 Å². The van der Waals surface area contributed by atoms with Gasteiger partial charge in [-0.3, -0.25) is 9.59 Å². The van der Waals surface area contributed by atoms with E-state index in [2.05, 4.69) is 15.5 Å². The SMILES string of the molecule is COc1ccc(-c2noc(CCC(=O)NC3(CC(=O)O)CCOC3)n2)cc1. The second kappa shape index (κ2) is 8.17. The lowest BCUT2D eigenvalue weighted by Crippen LogP contribution is -2.50. The number of nitrogens with zero attached hydrogens (tertiary/aromatic N) is 2. The Labute approximate surface area is 155 Å². The molecule has 1 aromatic heterocycles. The molecule has 144 valence electrons. The summed E-state index contributed by atoms with van der Waals surface area (Å²) in [6, 6.07) is 7.22. The zero-order valence-electron chi connectivity index (χ0n) is 14.9. The van der Waals surface area contributed by atoms with Crippen LogP contribution >= 0.6 is 0 Å². The number of carboxylic acid groups (broad SMARTS) is 1. The first kappa shape index (κ1) is 18.8. The van der Waals surface area contributed by atoms with Gasteiger partial charge in [0.25, 0.3) is 0 Å². The summed E-state index contributed by atoms with van der Waals surface area (Å²) in [7, 11) is 1.59. The van der Waals surface area contributed by atoms with Crippen molar-refractivity contribution in [2.24, 2.45) is 0 Å². The molecule has 0 radical (unpaired) electrons. The predicted octanol–water partition coefficient (Wildman–Crippen LogP) is 1.43. The molecule has 2 heterocycles. The van der Waals surface area contributed by atoms with Crippen LogP contribution < -0.4 is 10.1 Å². The van der Waals surface area contributed by atoms with E-state index >= 15 is 0 Å². The first-order valence-electron chi connectivity index (χ1n) is 8.57. The lowest BCUT2D eigenvalue weighted by molar-refractivity contribution is -0.139. The van der Waals surface area contributed by atoms with Crippen molar-refractivity contribution in [3.8, 4) is 17.1 Å². The number of nitrogens with one attached hydrogen (secondary N) is 1. The number of aryl methyl sites for hydroxylation is 1. The molecule has 0 aliphatic carbocycles. The number of carbonyl (C=O) groups is 2. The molecule has 0 spiro atoms. The number of hydrogen-bond acceptors (Lipinski definition) is 7. The van der Waals surface area contributed by atoms with E-state index in [1.807, 2.05) is 12.1 Å². The second-order valence-electron chi connectivity index (χ2n) is 6.44. The molecule has 0 bridgehead atoms. The van der Waals surface area contributed by atoms with Gasteiger partial charge in [-0.15, -0.1) is 0 Å². The van der Waals surface area contributed by atoms with Gasteiger partial charge in [-0.1, -0.05) is 5.16 Å². The first-order chi connectivity index (χ1) is 13.0. The molecule has 3 rings (SSSR count). The van der Waals surface area contributed by atoms with E-state index in [4.69, 9.17) is 19.1 Å². The Kier molecular flexibility index (Phi) is 5.70. The van der Waals surface area contributed by atoms with Crippen molar-refractivity contribution in [2.75, 3.05) is 20.3 Å². The third kappa shape index (κ3) is 4.82. The van der Waals surface area contributed by atoms with Crippen LogP contribution in [0.5, 0.6) is 5.75 Å². The van der Waals surface area contributed by atoms with Crippen molar-refractivity contribution >= 4 is 11.9 Å². The molecule has 2 aromatic rings. The first-order valence-corrected chi connectivity index (χ1v) is 8.57. The Morgan fingerprint density at radius 3 is 2.74 bits per heavy atom. The van der Waals surface area contributed by atoms with Gasteiger partial charge in [-0.2, -0.15) is 4.98 Å². The number of aromatic nitrogens is 2. The summed E-state index contributed by atoms with van der Waals surface area (Å²) < 4.78 is 15.6. The minimum absolute atomic E-state index is 0.117. The molecule has 1 unspecified atom stereocenters. The van der Waals surface area contributed by atoms with Gasteiger partial charge in [0.1, 0.15) is 5.75 Å². The highest BCUT2D eigenvalue weighted by Crippen LogP contribution is 2.23. The number of hydrogen-bond donors (Lipinski definition) is 2. The summed E-state index contributed by atoms with van der Waals surface area (Å²) in [5.41, 5.74) is -0.0646. The molecular weight excluding hydrogens is 354 g/mol. The van der Waals surface area contributed by atoms with Crippen LogP contribution in [0.3, 0.4) is 0 Å². The van der Waals surface area contributed by atoms with Crippen LogP contribution in [0.4, 0.5) is 0 Å². The fourth-order valence-corrected chi connectivity index (χ4v) is 2.97. The number of carbonyl (C=O) groups excluding carboxylic acids is 1. The zero-order chi connectivity index (χ0) is 19.3. The van der Waals surface area contributed by atoms with E-state index in [1.165, 1.54) is 0 Å². The van der Waals surface area contributed by atoms with E-state index in [0.717, 1.165) is 11.3 Å². The lowest BCUT2D eigenvalue weighted by atomic mass is 9.94. The molecular formula is C18H21N3O6. The highest BCUT2D eigenvalue weighted by atomic mass is 16.5. The van der Waals surface area contributed by atoms with Gasteiger partial charge in [0.05, 0.1) is 25.7 Å². The molecule has 1 amide bonds. The Balaban J connectivity index is 1.56. The van der Waals surface area contributed by atoms with Crippen LogP contribution in [-0.4, -0.2) is 53.0 Å². The third-order valence-corrected chi connectivity index (χ3v) is 4.38. The standard InChI is InChI=1S/C18H21N3O6/c1-25-13-4-2-12(3-5-13)17-19-15(27-21-17)7-6-14(22)20-18(10-16(23)24)8-9-26-11-18/h2-5H,6-11H2,1H3,(H,20,22)(H,23,24). The van der Waals surface area contributed by atoms with E-state index in [0.29, 0.717) is 24.7 Å². The number of amides is 1. The van der Waals surface area contributed by atoms with Gasteiger partial charge in [-0.05, 0) is 30.7 Å². The summed E-state index contributed by atoms with van der Waals surface area (Å²) >= 11 is 0. The molecule has 9 heteroatoms. The molecule has 1 aromatic carbocycles. The predicted molar refractivity (Wildman–Crippen MR) is 93.2 cm³/mol. The maximum absolute atomic E-state index is 12.2. The summed E-state index contributed by atoms with van der Waals surface area (Å²) in [5, 5.41) is 15.8. The van der Waals surface area contributed by atoms with E-state index in [1.54, 1.807) is 19.2 Å². The summed E-state index contributed by atoms with van der Waals surface area (Å²) in [6.45, 7) is 0.635. The fraction of sp³-hybridized carbons (Fsp3) is 0.444. The summed E-state index contributed by atoms with van der Waals surface area (Å²) in [5.74, 6) is 0.253. The molecule has 27 heavy (non-hydrogen) atoms. The number of carboxylic acids is 1. The number of ether oxygens (including phenoxy) is 2. The number of methoxy groups -OCH3 is 1. The van der Waals surface area contributed by atoms with Crippen LogP contribution in [0.15, 0.2) is 28.8 Å². The Bertz CT molecular complexity index is 796. The average Bonchev–Trinajstić information content (AvgIpc) is 3.29. The lowest BCUT2D eigenvalue weighted by Gasteiger charge is -2.26. The largest absolute Gasteiger partial charge is 0.497 e. The van der Waals surface area contributed by atoms with E-state index in [-0.39, 0.29) is 31.8 Å². The highest BCUT2D eigenvalue weighted by molar-refractivity contribution is 5.78. The van der Waals surface area contributed by atoms with Crippen molar-refractivity contribution in [1.29, 1.82) is 0 Å². The van der Waals surface area contributed by atoms with E-state index < -0.39 is 11.5 Å². The van der Waals surface area contributed by atoms with Crippen molar-refractivity contribution in [1.82, 2.24) is 15.5 Å². The minimum Gasteiger partial charge on any atom is -0.497 e. The summed E-state index contributed by atoms with van der Waals surface area (Å²) in [4.78, 5) is 27.6. The third-order valence-electron chi connectivity index (χ3n) is 4.38. The van der Waals surface area contributed by atoms with Crippen LogP contribution in [0.2, 0.25) is 0 Å². The topological polar surface area (TPSA) is 124 Å². The zero-order valence-corrected chi connectivity index (χ0v) is 14.9. The van der Waals surface area contributed by atoms with Crippen molar-refractivity contribution in [3.63, 3.8) is 0 Å². The Morgan fingerprint density at radius 2 is 2.11 bits per heavy atom. The Morgan fingerprint density at radius 1 is 1.33 bits per heavy atom. The van der Waals surface area contributed by atoms with Crippen LogP contribution in [-0.2, 0) is 20.7 Å². The van der Waals surface area contributed by atoms with Gasteiger partial charge in [-0.25, -0.2) is 0 Å². The average molecular weight is 375 g/mol. The molecule has 1 aliphatic heterocycles. The van der Waals surface area contributed by atoms with Crippen molar-refractivity contribution in [3.05, 3.63) is 30.2 Å². The minimum atomic E-state index is -0.971. The molecule has 1 atom stereocenters. The molecule has 1 saturated heterocycles. The van der Waals surface area contributed by atoms with Crippen molar-refractivity contribution < 1.29 is 28.7 Å². The number of benzene rings is 1. The van der Waals surface area contributed by atoms with Crippen molar-refractivity contribution in [2.45, 2.75) is 31.2 Å². The maximum atomic E-state index is 12.2. The molecule has 9 nitrogen and oxygen atoms in total.